The lowest BCUT2D eigenvalue weighted by molar-refractivity contribution is 0.0342. The number of ether oxygens (including phenoxy) is 1. The molecule has 18 heavy (non-hydrogen) atoms. The predicted molar refractivity (Wildman–Crippen MR) is 70.4 cm³/mol. The summed E-state index contributed by atoms with van der Waals surface area (Å²) >= 11 is 0. The van der Waals surface area contributed by atoms with Crippen molar-refractivity contribution in [2.24, 2.45) is 0 Å². The van der Waals surface area contributed by atoms with Crippen LogP contribution in [0.4, 0.5) is 0 Å². The van der Waals surface area contributed by atoms with Gasteiger partial charge in [-0.2, -0.15) is 0 Å². The van der Waals surface area contributed by atoms with Gasteiger partial charge in [-0.15, -0.1) is 0 Å². The first-order valence-electron chi connectivity index (χ1n) is 6.84. The van der Waals surface area contributed by atoms with Crippen molar-refractivity contribution in [3.05, 3.63) is 35.4 Å². The van der Waals surface area contributed by atoms with Crippen LogP contribution in [0.2, 0.25) is 0 Å². The lowest BCUT2D eigenvalue weighted by Crippen LogP contribution is -2.35. The average molecular weight is 247 g/mol. The second-order valence-electron chi connectivity index (χ2n) is 5.61. The van der Waals surface area contributed by atoms with Crippen LogP contribution < -0.4 is 0 Å². The Morgan fingerprint density at radius 1 is 1.17 bits per heavy atom. The summed E-state index contributed by atoms with van der Waals surface area (Å²) in [7, 11) is 0. The molecule has 0 aromatic heterocycles. The molecule has 1 aliphatic heterocycles. The molecular weight excluding hydrogens is 226 g/mol. The van der Waals surface area contributed by atoms with E-state index in [-0.39, 0.29) is 0 Å². The maximum atomic E-state index is 9.97. The molecule has 98 valence electrons. The molecule has 1 saturated heterocycles. The van der Waals surface area contributed by atoms with Crippen LogP contribution in [0, 0.1) is 0 Å². The SMILES string of the molecule is OC1(Cc2cccc(CN3CCOCC3)c2)CC1. The highest BCUT2D eigenvalue weighted by Crippen LogP contribution is 2.38. The molecule has 1 aromatic rings. The van der Waals surface area contributed by atoms with E-state index in [9.17, 15) is 5.11 Å². The first-order valence-corrected chi connectivity index (χ1v) is 6.84. The first kappa shape index (κ1) is 12.2. The molecule has 0 spiro atoms. The molecule has 3 rings (SSSR count). The van der Waals surface area contributed by atoms with Gasteiger partial charge in [-0.1, -0.05) is 24.3 Å². The van der Waals surface area contributed by atoms with E-state index in [0.29, 0.717) is 0 Å². The van der Waals surface area contributed by atoms with Crippen molar-refractivity contribution in [3.63, 3.8) is 0 Å². The smallest absolute Gasteiger partial charge is 0.0690 e. The number of hydrogen-bond donors (Lipinski definition) is 1. The van der Waals surface area contributed by atoms with Crippen molar-refractivity contribution in [1.29, 1.82) is 0 Å². The van der Waals surface area contributed by atoms with Crippen molar-refractivity contribution < 1.29 is 9.84 Å². The Morgan fingerprint density at radius 2 is 1.89 bits per heavy atom. The summed E-state index contributed by atoms with van der Waals surface area (Å²) in [5.74, 6) is 0. The fourth-order valence-corrected chi connectivity index (χ4v) is 2.56. The summed E-state index contributed by atoms with van der Waals surface area (Å²) in [4.78, 5) is 2.43. The zero-order valence-electron chi connectivity index (χ0n) is 10.8. The number of rotatable bonds is 4. The molecule has 1 aliphatic carbocycles. The average Bonchev–Trinajstić information content (AvgIpc) is 3.08. The number of morpholine rings is 1. The summed E-state index contributed by atoms with van der Waals surface area (Å²) in [6.45, 7) is 4.73. The zero-order valence-corrected chi connectivity index (χ0v) is 10.8. The molecule has 1 N–H and O–H groups in total. The highest BCUT2D eigenvalue weighted by molar-refractivity contribution is 5.26. The molecule has 0 amide bonds. The molecular formula is C15H21NO2. The third kappa shape index (κ3) is 3.10. The molecule has 0 bridgehead atoms. The van der Waals surface area contributed by atoms with Crippen molar-refractivity contribution in [3.8, 4) is 0 Å². The molecule has 0 atom stereocenters. The Hall–Kier alpha value is -0.900. The van der Waals surface area contributed by atoms with Crippen molar-refractivity contribution in [2.45, 2.75) is 31.4 Å². The molecule has 1 heterocycles. The van der Waals surface area contributed by atoms with Crippen LogP contribution in [0.25, 0.3) is 0 Å². The summed E-state index contributed by atoms with van der Waals surface area (Å²) < 4.78 is 5.36. The van der Waals surface area contributed by atoms with Gasteiger partial charge < -0.3 is 9.84 Å². The van der Waals surface area contributed by atoms with E-state index >= 15 is 0 Å². The van der Waals surface area contributed by atoms with Gasteiger partial charge in [0, 0.05) is 26.1 Å². The van der Waals surface area contributed by atoms with Gasteiger partial charge in [-0.05, 0) is 24.0 Å². The van der Waals surface area contributed by atoms with Gasteiger partial charge in [0.2, 0.25) is 0 Å². The van der Waals surface area contributed by atoms with E-state index < -0.39 is 5.60 Å². The Kier molecular flexibility index (Phi) is 3.37. The van der Waals surface area contributed by atoms with Crippen LogP contribution in [0.3, 0.4) is 0 Å². The Balaban J connectivity index is 1.62. The zero-order chi connectivity index (χ0) is 12.4. The molecule has 1 saturated carbocycles. The number of benzene rings is 1. The third-order valence-corrected chi connectivity index (χ3v) is 3.86. The molecule has 3 heteroatoms. The third-order valence-electron chi connectivity index (χ3n) is 3.86. The molecule has 2 fully saturated rings. The van der Waals surface area contributed by atoms with E-state index in [1.807, 2.05) is 0 Å². The Labute approximate surface area is 108 Å². The number of hydrogen-bond acceptors (Lipinski definition) is 3. The lowest BCUT2D eigenvalue weighted by atomic mass is 10.0. The van der Waals surface area contributed by atoms with Crippen LogP contribution in [0.15, 0.2) is 24.3 Å². The predicted octanol–water partition coefficient (Wildman–Crippen LogP) is 1.59. The van der Waals surface area contributed by atoms with E-state index in [0.717, 1.165) is 52.1 Å². The molecule has 0 radical (unpaired) electrons. The minimum Gasteiger partial charge on any atom is -0.390 e. The van der Waals surface area contributed by atoms with Crippen LogP contribution in [-0.4, -0.2) is 41.9 Å². The molecule has 2 aliphatic rings. The minimum absolute atomic E-state index is 0.391. The van der Waals surface area contributed by atoms with Gasteiger partial charge in [0.25, 0.3) is 0 Å². The largest absolute Gasteiger partial charge is 0.390 e. The van der Waals surface area contributed by atoms with Crippen LogP contribution in [0.1, 0.15) is 24.0 Å². The lowest BCUT2D eigenvalue weighted by Gasteiger charge is -2.26. The van der Waals surface area contributed by atoms with Crippen molar-refractivity contribution >= 4 is 0 Å². The van der Waals surface area contributed by atoms with Gasteiger partial charge in [0.1, 0.15) is 0 Å². The monoisotopic (exact) mass is 247 g/mol. The summed E-state index contributed by atoms with van der Waals surface area (Å²) in [5, 5.41) is 9.97. The summed E-state index contributed by atoms with van der Waals surface area (Å²) in [6.07, 6.45) is 2.73. The fourth-order valence-electron chi connectivity index (χ4n) is 2.56. The quantitative estimate of drug-likeness (QED) is 0.877. The topological polar surface area (TPSA) is 32.7 Å². The van der Waals surface area contributed by atoms with Gasteiger partial charge >= 0.3 is 0 Å². The molecule has 1 aromatic carbocycles. The van der Waals surface area contributed by atoms with Crippen LogP contribution >= 0.6 is 0 Å². The summed E-state index contributed by atoms with van der Waals surface area (Å²) in [5.41, 5.74) is 2.22. The number of aliphatic hydroxyl groups is 1. The Bertz CT molecular complexity index is 409. The van der Waals surface area contributed by atoms with E-state index in [1.54, 1.807) is 0 Å². The number of nitrogens with zero attached hydrogens (tertiary/aromatic N) is 1. The molecule has 0 unspecified atom stereocenters. The minimum atomic E-state index is -0.391. The standard InChI is InChI=1S/C15H21NO2/c17-15(4-5-15)11-13-2-1-3-14(10-13)12-16-6-8-18-9-7-16/h1-3,10,17H,4-9,11-12H2. The van der Waals surface area contributed by atoms with Gasteiger partial charge in [0.15, 0.2) is 0 Å². The Morgan fingerprint density at radius 3 is 2.61 bits per heavy atom. The second-order valence-corrected chi connectivity index (χ2v) is 5.61. The maximum absolute atomic E-state index is 9.97. The van der Waals surface area contributed by atoms with Crippen molar-refractivity contribution in [1.82, 2.24) is 4.90 Å². The van der Waals surface area contributed by atoms with E-state index in [4.69, 9.17) is 4.74 Å². The first-order chi connectivity index (χ1) is 8.73. The normalized spacial score (nSPS) is 22.9. The highest BCUT2D eigenvalue weighted by Gasteiger charge is 2.40. The van der Waals surface area contributed by atoms with E-state index in [1.165, 1.54) is 11.1 Å². The summed E-state index contributed by atoms with van der Waals surface area (Å²) in [6, 6.07) is 8.65. The molecule has 3 nitrogen and oxygen atoms in total. The second kappa shape index (κ2) is 5.00. The van der Waals surface area contributed by atoms with E-state index in [2.05, 4.69) is 29.2 Å². The maximum Gasteiger partial charge on any atom is 0.0690 e. The van der Waals surface area contributed by atoms with Crippen LogP contribution in [-0.2, 0) is 17.7 Å². The van der Waals surface area contributed by atoms with Gasteiger partial charge in [0.05, 0.1) is 18.8 Å². The highest BCUT2D eigenvalue weighted by atomic mass is 16.5. The fraction of sp³-hybridized carbons (Fsp3) is 0.600. The van der Waals surface area contributed by atoms with Crippen molar-refractivity contribution in [2.75, 3.05) is 26.3 Å². The van der Waals surface area contributed by atoms with Crippen LogP contribution in [0.5, 0.6) is 0 Å². The van der Waals surface area contributed by atoms with Gasteiger partial charge in [-0.3, -0.25) is 4.90 Å². The van der Waals surface area contributed by atoms with Gasteiger partial charge in [-0.25, -0.2) is 0 Å².